The highest BCUT2D eigenvalue weighted by Gasteiger charge is 2.19. The number of benzene rings is 2. The molecule has 1 fully saturated rings. The van der Waals surface area contributed by atoms with E-state index >= 15 is 0 Å². The third-order valence-electron chi connectivity index (χ3n) is 5.08. The summed E-state index contributed by atoms with van der Waals surface area (Å²) in [6, 6.07) is 20.4. The second kappa shape index (κ2) is 8.23. The van der Waals surface area contributed by atoms with Gasteiger partial charge in [0.25, 0.3) is 0 Å². The van der Waals surface area contributed by atoms with E-state index < -0.39 is 0 Å². The van der Waals surface area contributed by atoms with Crippen LogP contribution in [0.15, 0.2) is 71.2 Å². The highest BCUT2D eigenvalue weighted by atomic mass is 16.3. The Morgan fingerprint density at radius 1 is 0.963 bits per heavy atom. The third-order valence-corrected chi connectivity index (χ3v) is 5.08. The van der Waals surface area contributed by atoms with Crippen LogP contribution in [0.4, 0.5) is 0 Å². The maximum absolute atomic E-state index is 12.5. The first kappa shape index (κ1) is 17.6. The van der Waals surface area contributed by atoms with Gasteiger partial charge in [-0.3, -0.25) is 9.69 Å². The van der Waals surface area contributed by atoms with E-state index in [4.69, 9.17) is 4.42 Å². The Hall–Kier alpha value is -2.85. The smallest absolute Gasteiger partial charge is 0.246 e. The van der Waals surface area contributed by atoms with E-state index in [1.165, 1.54) is 5.56 Å². The lowest BCUT2D eigenvalue weighted by Gasteiger charge is -2.34. The van der Waals surface area contributed by atoms with Crippen LogP contribution < -0.4 is 0 Å². The Labute approximate surface area is 159 Å². The van der Waals surface area contributed by atoms with Gasteiger partial charge in [0.2, 0.25) is 5.91 Å². The first-order chi connectivity index (χ1) is 13.3. The number of amides is 1. The highest BCUT2D eigenvalue weighted by molar-refractivity contribution is 5.92. The molecule has 4 nitrogen and oxygen atoms in total. The van der Waals surface area contributed by atoms with Crippen LogP contribution in [-0.4, -0.2) is 48.4 Å². The van der Waals surface area contributed by atoms with Crippen molar-refractivity contribution >= 4 is 23.0 Å². The first-order valence-electron chi connectivity index (χ1n) is 9.50. The molecule has 3 aromatic rings. The van der Waals surface area contributed by atoms with Crippen molar-refractivity contribution in [2.45, 2.75) is 6.42 Å². The molecule has 1 amide bonds. The molecule has 0 radical (unpaired) electrons. The van der Waals surface area contributed by atoms with Gasteiger partial charge in [0.15, 0.2) is 0 Å². The molecule has 27 heavy (non-hydrogen) atoms. The number of carbonyl (C=O) groups is 1. The fourth-order valence-electron chi connectivity index (χ4n) is 3.47. The summed E-state index contributed by atoms with van der Waals surface area (Å²) in [5.74, 6) is 0.768. The Balaban J connectivity index is 1.27. The predicted molar refractivity (Wildman–Crippen MR) is 108 cm³/mol. The summed E-state index contributed by atoms with van der Waals surface area (Å²) in [6.45, 7) is 4.45. The third kappa shape index (κ3) is 4.47. The lowest BCUT2D eigenvalue weighted by atomic mass is 10.1. The second-order valence-electron chi connectivity index (χ2n) is 6.92. The molecular formula is C23H24N2O2. The minimum absolute atomic E-state index is 0.0539. The van der Waals surface area contributed by atoms with Gasteiger partial charge >= 0.3 is 0 Å². The Morgan fingerprint density at radius 3 is 2.48 bits per heavy atom. The number of rotatable bonds is 5. The van der Waals surface area contributed by atoms with Crippen LogP contribution in [0.3, 0.4) is 0 Å². The molecule has 2 heterocycles. The van der Waals surface area contributed by atoms with E-state index in [9.17, 15) is 4.79 Å². The molecule has 0 aliphatic carbocycles. The zero-order chi connectivity index (χ0) is 18.5. The zero-order valence-corrected chi connectivity index (χ0v) is 15.4. The molecule has 1 aromatic heterocycles. The average molecular weight is 360 g/mol. The van der Waals surface area contributed by atoms with E-state index in [0.717, 1.165) is 50.1 Å². The van der Waals surface area contributed by atoms with Gasteiger partial charge in [0, 0.05) is 44.2 Å². The molecule has 4 heteroatoms. The van der Waals surface area contributed by atoms with Crippen molar-refractivity contribution in [2.24, 2.45) is 0 Å². The predicted octanol–water partition coefficient (Wildman–Crippen LogP) is 3.83. The van der Waals surface area contributed by atoms with Crippen molar-refractivity contribution in [3.05, 3.63) is 78.1 Å². The molecule has 4 rings (SSSR count). The number of para-hydroxylation sites is 1. The van der Waals surface area contributed by atoms with Gasteiger partial charge in [0.1, 0.15) is 11.3 Å². The molecule has 0 N–H and O–H groups in total. The molecule has 0 saturated carbocycles. The van der Waals surface area contributed by atoms with E-state index in [2.05, 4.69) is 29.2 Å². The van der Waals surface area contributed by atoms with Crippen LogP contribution in [-0.2, 0) is 11.2 Å². The summed E-state index contributed by atoms with van der Waals surface area (Å²) in [7, 11) is 0. The summed E-state index contributed by atoms with van der Waals surface area (Å²) < 4.78 is 5.73. The number of nitrogens with zero attached hydrogens (tertiary/aromatic N) is 2. The van der Waals surface area contributed by atoms with Crippen LogP contribution in [0.25, 0.3) is 17.0 Å². The Kier molecular flexibility index (Phi) is 5.35. The lowest BCUT2D eigenvalue weighted by Crippen LogP contribution is -2.48. The summed E-state index contributed by atoms with van der Waals surface area (Å²) in [6.07, 6.45) is 4.45. The minimum Gasteiger partial charge on any atom is -0.457 e. The van der Waals surface area contributed by atoms with Crippen LogP contribution in [0.2, 0.25) is 0 Å². The Morgan fingerprint density at radius 2 is 1.70 bits per heavy atom. The normalized spacial score (nSPS) is 15.6. The Bertz CT molecular complexity index is 889. The molecule has 1 aliphatic heterocycles. The van der Waals surface area contributed by atoms with Crippen molar-refractivity contribution < 1.29 is 9.21 Å². The summed E-state index contributed by atoms with van der Waals surface area (Å²) in [5, 5.41) is 1.05. The molecule has 1 saturated heterocycles. The fourth-order valence-corrected chi connectivity index (χ4v) is 3.47. The van der Waals surface area contributed by atoms with Crippen LogP contribution in [0.1, 0.15) is 11.3 Å². The minimum atomic E-state index is 0.0539. The molecule has 0 spiro atoms. The molecular weight excluding hydrogens is 336 g/mol. The van der Waals surface area contributed by atoms with Crippen molar-refractivity contribution in [3.8, 4) is 0 Å². The maximum Gasteiger partial charge on any atom is 0.246 e. The molecule has 1 aliphatic rings. The first-order valence-corrected chi connectivity index (χ1v) is 9.50. The van der Waals surface area contributed by atoms with E-state index in [1.54, 1.807) is 12.2 Å². The van der Waals surface area contributed by atoms with Gasteiger partial charge in [-0.25, -0.2) is 0 Å². The van der Waals surface area contributed by atoms with Gasteiger partial charge in [-0.15, -0.1) is 0 Å². The quantitative estimate of drug-likeness (QED) is 0.649. The molecule has 0 bridgehead atoms. The SMILES string of the molecule is O=C(/C=C/c1cc2ccccc2o1)N1CCN(CCc2ccccc2)CC1. The van der Waals surface area contributed by atoms with Crippen LogP contribution in [0.5, 0.6) is 0 Å². The molecule has 138 valence electrons. The monoisotopic (exact) mass is 360 g/mol. The van der Waals surface area contributed by atoms with E-state index in [1.807, 2.05) is 41.3 Å². The summed E-state index contributed by atoms with van der Waals surface area (Å²) in [4.78, 5) is 16.8. The fraction of sp³-hybridized carbons (Fsp3) is 0.261. The van der Waals surface area contributed by atoms with E-state index in [0.29, 0.717) is 5.76 Å². The van der Waals surface area contributed by atoms with Crippen molar-refractivity contribution in [2.75, 3.05) is 32.7 Å². The van der Waals surface area contributed by atoms with Crippen molar-refractivity contribution in [1.82, 2.24) is 9.80 Å². The van der Waals surface area contributed by atoms with E-state index in [-0.39, 0.29) is 5.91 Å². The van der Waals surface area contributed by atoms with Crippen molar-refractivity contribution in [1.29, 1.82) is 0 Å². The van der Waals surface area contributed by atoms with Gasteiger partial charge < -0.3 is 9.32 Å². The average Bonchev–Trinajstić information content (AvgIpc) is 3.15. The van der Waals surface area contributed by atoms with Crippen LogP contribution in [0, 0.1) is 0 Å². The number of carbonyl (C=O) groups excluding carboxylic acids is 1. The highest BCUT2D eigenvalue weighted by Crippen LogP contribution is 2.19. The van der Waals surface area contributed by atoms with Crippen LogP contribution >= 0.6 is 0 Å². The second-order valence-corrected chi connectivity index (χ2v) is 6.92. The van der Waals surface area contributed by atoms with Gasteiger partial charge in [0.05, 0.1) is 0 Å². The number of hydrogen-bond acceptors (Lipinski definition) is 3. The van der Waals surface area contributed by atoms with Crippen molar-refractivity contribution in [3.63, 3.8) is 0 Å². The van der Waals surface area contributed by atoms with Gasteiger partial charge in [-0.1, -0.05) is 48.5 Å². The number of fused-ring (bicyclic) bond motifs is 1. The van der Waals surface area contributed by atoms with Gasteiger partial charge in [-0.05, 0) is 30.2 Å². The molecule has 2 aromatic carbocycles. The lowest BCUT2D eigenvalue weighted by molar-refractivity contribution is -0.127. The number of furan rings is 1. The topological polar surface area (TPSA) is 36.7 Å². The maximum atomic E-state index is 12.5. The number of hydrogen-bond donors (Lipinski definition) is 0. The molecule has 0 unspecified atom stereocenters. The zero-order valence-electron chi connectivity index (χ0n) is 15.4. The van der Waals surface area contributed by atoms with Gasteiger partial charge in [-0.2, -0.15) is 0 Å². The summed E-state index contributed by atoms with van der Waals surface area (Å²) >= 11 is 0. The summed E-state index contributed by atoms with van der Waals surface area (Å²) in [5.41, 5.74) is 2.21. The standard InChI is InChI=1S/C23H24N2O2/c26-23(11-10-21-18-20-8-4-5-9-22(20)27-21)25-16-14-24(15-17-25)13-12-19-6-2-1-3-7-19/h1-11,18H,12-17H2/b11-10+. The molecule has 0 atom stereocenters. The number of piperazine rings is 1. The largest absolute Gasteiger partial charge is 0.457 e.